The van der Waals surface area contributed by atoms with Crippen molar-refractivity contribution in [1.82, 2.24) is 0 Å². The first kappa shape index (κ1) is 13.2. The van der Waals surface area contributed by atoms with Crippen molar-refractivity contribution in [3.05, 3.63) is 60.2 Å². The van der Waals surface area contributed by atoms with Crippen molar-refractivity contribution in [1.29, 1.82) is 0 Å². The standard InChI is InChI=1S/C17H16N2O2/c1-19-16-10-13(21-2)8-9-14(16)18-15(11-17(19)20)12-6-4-3-5-7-12/h3-11,18H,1-2H3. The molecule has 1 amide bonds. The van der Waals surface area contributed by atoms with Crippen LogP contribution in [0.25, 0.3) is 5.70 Å². The number of methoxy groups -OCH3 is 1. The number of ether oxygens (including phenoxy) is 1. The molecule has 0 atom stereocenters. The molecular weight excluding hydrogens is 264 g/mol. The molecule has 4 heteroatoms. The van der Waals surface area contributed by atoms with Crippen LogP contribution in [0.2, 0.25) is 0 Å². The zero-order valence-electron chi connectivity index (χ0n) is 12.0. The van der Waals surface area contributed by atoms with E-state index >= 15 is 0 Å². The van der Waals surface area contributed by atoms with Crippen LogP contribution in [0.4, 0.5) is 11.4 Å². The van der Waals surface area contributed by atoms with Gasteiger partial charge in [-0.3, -0.25) is 4.79 Å². The molecule has 0 spiro atoms. The Morgan fingerprint density at radius 1 is 1.10 bits per heavy atom. The Hall–Kier alpha value is -2.75. The minimum absolute atomic E-state index is 0.0756. The van der Waals surface area contributed by atoms with E-state index in [4.69, 9.17) is 4.74 Å². The fourth-order valence-electron chi connectivity index (χ4n) is 2.32. The second-order valence-electron chi connectivity index (χ2n) is 4.83. The first-order valence-corrected chi connectivity index (χ1v) is 6.69. The molecule has 4 nitrogen and oxygen atoms in total. The number of hydrogen-bond acceptors (Lipinski definition) is 3. The Balaban J connectivity index is 2.08. The third kappa shape index (κ3) is 2.48. The van der Waals surface area contributed by atoms with Crippen LogP contribution in [0.15, 0.2) is 54.6 Å². The van der Waals surface area contributed by atoms with Gasteiger partial charge in [-0.15, -0.1) is 0 Å². The number of carbonyl (C=O) groups is 1. The topological polar surface area (TPSA) is 41.6 Å². The molecule has 0 aliphatic carbocycles. The Morgan fingerprint density at radius 3 is 2.57 bits per heavy atom. The highest BCUT2D eigenvalue weighted by Gasteiger charge is 2.20. The van der Waals surface area contributed by atoms with Gasteiger partial charge in [0.15, 0.2) is 0 Å². The van der Waals surface area contributed by atoms with Gasteiger partial charge in [0.25, 0.3) is 5.91 Å². The summed E-state index contributed by atoms with van der Waals surface area (Å²) >= 11 is 0. The van der Waals surface area contributed by atoms with Gasteiger partial charge in [-0.25, -0.2) is 0 Å². The number of rotatable bonds is 2. The second-order valence-corrected chi connectivity index (χ2v) is 4.83. The smallest absolute Gasteiger partial charge is 0.252 e. The van der Waals surface area contributed by atoms with Crippen molar-refractivity contribution in [3.8, 4) is 5.75 Å². The van der Waals surface area contributed by atoms with Crippen molar-refractivity contribution in [3.63, 3.8) is 0 Å². The molecule has 2 aromatic carbocycles. The van der Waals surface area contributed by atoms with E-state index in [0.29, 0.717) is 0 Å². The monoisotopic (exact) mass is 280 g/mol. The first-order chi connectivity index (χ1) is 10.2. The predicted octanol–water partition coefficient (Wildman–Crippen LogP) is 3.12. The lowest BCUT2D eigenvalue weighted by Gasteiger charge is -2.18. The largest absolute Gasteiger partial charge is 0.497 e. The second kappa shape index (κ2) is 5.32. The molecule has 0 unspecified atom stereocenters. The molecule has 2 aromatic rings. The molecule has 0 aromatic heterocycles. The van der Waals surface area contributed by atoms with Crippen LogP contribution in [-0.2, 0) is 4.79 Å². The van der Waals surface area contributed by atoms with Crippen molar-refractivity contribution >= 4 is 23.0 Å². The predicted molar refractivity (Wildman–Crippen MR) is 84.4 cm³/mol. The van der Waals surface area contributed by atoms with Gasteiger partial charge < -0.3 is 15.0 Å². The van der Waals surface area contributed by atoms with E-state index in [0.717, 1.165) is 28.4 Å². The molecule has 3 rings (SSSR count). The summed E-state index contributed by atoms with van der Waals surface area (Å²) in [5, 5.41) is 3.33. The summed E-state index contributed by atoms with van der Waals surface area (Å²) in [4.78, 5) is 13.9. The maximum Gasteiger partial charge on any atom is 0.252 e. The fourth-order valence-corrected chi connectivity index (χ4v) is 2.32. The highest BCUT2D eigenvalue weighted by atomic mass is 16.5. The minimum atomic E-state index is -0.0756. The highest BCUT2D eigenvalue weighted by Crippen LogP contribution is 2.34. The van der Waals surface area contributed by atoms with Crippen molar-refractivity contribution in [2.45, 2.75) is 0 Å². The zero-order valence-corrected chi connectivity index (χ0v) is 12.0. The number of nitrogens with one attached hydrogen (secondary N) is 1. The quantitative estimate of drug-likeness (QED) is 0.919. The first-order valence-electron chi connectivity index (χ1n) is 6.69. The Labute approximate surface area is 123 Å². The Kier molecular flexibility index (Phi) is 3.36. The van der Waals surface area contributed by atoms with Crippen LogP contribution in [0, 0.1) is 0 Å². The molecule has 0 saturated carbocycles. The summed E-state index contributed by atoms with van der Waals surface area (Å²) in [7, 11) is 3.37. The van der Waals surface area contributed by atoms with E-state index in [1.54, 1.807) is 25.1 Å². The molecule has 0 radical (unpaired) electrons. The number of carbonyl (C=O) groups excluding carboxylic acids is 1. The Bertz CT molecular complexity index is 708. The maximum absolute atomic E-state index is 12.3. The van der Waals surface area contributed by atoms with E-state index < -0.39 is 0 Å². The van der Waals surface area contributed by atoms with Gasteiger partial charge in [0.1, 0.15) is 5.75 Å². The summed E-state index contributed by atoms with van der Waals surface area (Å²) in [6.07, 6.45) is 1.61. The van der Waals surface area contributed by atoms with Gasteiger partial charge in [0.05, 0.1) is 24.2 Å². The molecule has 0 saturated heterocycles. The van der Waals surface area contributed by atoms with Gasteiger partial charge >= 0.3 is 0 Å². The summed E-state index contributed by atoms with van der Waals surface area (Å²) in [6.45, 7) is 0. The summed E-state index contributed by atoms with van der Waals surface area (Å²) < 4.78 is 5.23. The summed E-state index contributed by atoms with van der Waals surface area (Å²) in [6, 6.07) is 15.4. The molecule has 1 N–H and O–H groups in total. The van der Waals surface area contributed by atoms with E-state index in [1.807, 2.05) is 48.5 Å². The molecule has 0 bridgehead atoms. The Morgan fingerprint density at radius 2 is 1.86 bits per heavy atom. The molecular formula is C17H16N2O2. The number of amides is 1. The number of anilines is 2. The van der Waals surface area contributed by atoms with Gasteiger partial charge in [-0.1, -0.05) is 30.3 Å². The van der Waals surface area contributed by atoms with Crippen LogP contribution in [0.3, 0.4) is 0 Å². The van der Waals surface area contributed by atoms with Crippen molar-refractivity contribution < 1.29 is 9.53 Å². The van der Waals surface area contributed by atoms with E-state index in [9.17, 15) is 4.79 Å². The number of hydrogen-bond donors (Lipinski definition) is 1. The zero-order chi connectivity index (χ0) is 14.8. The van der Waals surface area contributed by atoms with Crippen molar-refractivity contribution in [2.24, 2.45) is 0 Å². The van der Waals surface area contributed by atoms with Crippen LogP contribution in [-0.4, -0.2) is 20.1 Å². The third-order valence-corrected chi connectivity index (χ3v) is 3.52. The normalized spacial score (nSPS) is 13.9. The number of likely N-dealkylation sites (N-methyl/N-ethyl adjacent to an activating group) is 1. The number of fused-ring (bicyclic) bond motifs is 1. The summed E-state index contributed by atoms with van der Waals surface area (Å²) in [5.74, 6) is 0.645. The SMILES string of the molecule is COc1ccc2c(c1)N(C)C(=O)C=C(c1ccccc1)N2. The maximum atomic E-state index is 12.3. The van der Waals surface area contributed by atoms with Gasteiger partial charge in [-0.2, -0.15) is 0 Å². The molecule has 1 aliphatic heterocycles. The van der Waals surface area contributed by atoms with Crippen LogP contribution in [0.5, 0.6) is 5.75 Å². The lowest BCUT2D eigenvalue weighted by Crippen LogP contribution is -2.23. The average Bonchev–Trinajstić information content (AvgIpc) is 2.66. The van der Waals surface area contributed by atoms with E-state index in [2.05, 4.69) is 5.32 Å². The summed E-state index contributed by atoms with van der Waals surface area (Å²) in [5.41, 5.74) is 3.43. The minimum Gasteiger partial charge on any atom is -0.497 e. The number of benzene rings is 2. The average molecular weight is 280 g/mol. The van der Waals surface area contributed by atoms with Gasteiger partial charge in [0, 0.05) is 19.2 Å². The van der Waals surface area contributed by atoms with Gasteiger partial charge in [0.2, 0.25) is 0 Å². The van der Waals surface area contributed by atoms with Crippen molar-refractivity contribution in [2.75, 3.05) is 24.4 Å². The van der Waals surface area contributed by atoms with Crippen LogP contribution in [0.1, 0.15) is 5.56 Å². The number of nitrogens with zero attached hydrogens (tertiary/aromatic N) is 1. The molecule has 1 heterocycles. The van der Waals surface area contributed by atoms with Crippen LogP contribution < -0.4 is 15.0 Å². The van der Waals surface area contributed by atoms with Gasteiger partial charge in [-0.05, 0) is 17.7 Å². The molecule has 0 fully saturated rings. The van der Waals surface area contributed by atoms with E-state index in [1.165, 1.54) is 0 Å². The highest BCUT2D eigenvalue weighted by molar-refractivity contribution is 6.11. The molecule has 106 valence electrons. The van der Waals surface area contributed by atoms with E-state index in [-0.39, 0.29) is 5.91 Å². The molecule has 1 aliphatic rings. The molecule has 21 heavy (non-hydrogen) atoms. The lowest BCUT2D eigenvalue weighted by molar-refractivity contribution is -0.113. The van der Waals surface area contributed by atoms with Crippen LogP contribution >= 0.6 is 0 Å². The third-order valence-electron chi connectivity index (χ3n) is 3.52. The lowest BCUT2D eigenvalue weighted by atomic mass is 10.1. The fraction of sp³-hybridized carbons (Fsp3) is 0.118.